The van der Waals surface area contributed by atoms with Gasteiger partial charge >= 0.3 is 0 Å². The maximum atomic E-state index is 13.2. The van der Waals surface area contributed by atoms with Crippen LogP contribution in [0.2, 0.25) is 0 Å². The van der Waals surface area contributed by atoms with Crippen LogP contribution in [0.1, 0.15) is 11.7 Å². The van der Waals surface area contributed by atoms with Crippen molar-refractivity contribution in [2.24, 2.45) is 0 Å². The lowest BCUT2D eigenvalue weighted by Gasteiger charge is -2.27. The number of benzene rings is 1. The fourth-order valence-corrected chi connectivity index (χ4v) is 1.94. The Kier molecular flexibility index (Phi) is 3.41. The highest BCUT2D eigenvalue weighted by molar-refractivity contribution is 5.54. The molecule has 1 saturated heterocycles. The summed E-state index contributed by atoms with van der Waals surface area (Å²) in [4.78, 5) is 1.91. The Morgan fingerprint density at radius 1 is 1.44 bits per heavy atom. The molecule has 0 radical (unpaired) electrons. The summed E-state index contributed by atoms with van der Waals surface area (Å²) in [6.07, 6.45) is 0.0201. The summed E-state index contributed by atoms with van der Waals surface area (Å²) in [7, 11) is 3.82. The molecule has 3 nitrogen and oxygen atoms in total. The molecule has 1 aromatic rings. The minimum absolute atomic E-state index is 0.0201. The van der Waals surface area contributed by atoms with Crippen LogP contribution in [0.25, 0.3) is 0 Å². The van der Waals surface area contributed by atoms with Crippen LogP contribution in [0.5, 0.6) is 0 Å². The van der Waals surface area contributed by atoms with Crippen LogP contribution in [-0.4, -0.2) is 33.8 Å². The van der Waals surface area contributed by atoms with Gasteiger partial charge in [0.1, 0.15) is 5.82 Å². The molecule has 0 saturated carbocycles. The van der Waals surface area contributed by atoms with Gasteiger partial charge in [0.05, 0.1) is 12.7 Å². The van der Waals surface area contributed by atoms with Crippen molar-refractivity contribution < 1.29 is 9.13 Å². The van der Waals surface area contributed by atoms with E-state index in [4.69, 9.17) is 4.74 Å². The summed E-state index contributed by atoms with van der Waals surface area (Å²) in [5.74, 6) is -0.212. The average molecular weight is 224 g/mol. The van der Waals surface area contributed by atoms with Gasteiger partial charge in [-0.25, -0.2) is 4.39 Å². The van der Waals surface area contributed by atoms with Crippen LogP contribution in [-0.2, 0) is 4.74 Å². The molecule has 0 bridgehead atoms. The highest BCUT2D eigenvalue weighted by Gasteiger charge is 2.19. The summed E-state index contributed by atoms with van der Waals surface area (Å²) in [6, 6.07) is 4.84. The third-order valence-corrected chi connectivity index (χ3v) is 2.75. The molecule has 1 N–H and O–H groups in total. The van der Waals surface area contributed by atoms with Gasteiger partial charge in [-0.3, -0.25) is 0 Å². The van der Waals surface area contributed by atoms with Crippen molar-refractivity contribution in [1.29, 1.82) is 0 Å². The molecule has 1 unspecified atom stereocenters. The van der Waals surface area contributed by atoms with Crippen LogP contribution in [0.4, 0.5) is 10.1 Å². The zero-order valence-corrected chi connectivity index (χ0v) is 9.66. The van der Waals surface area contributed by atoms with E-state index in [1.807, 2.05) is 25.1 Å². The second kappa shape index (κ2) is 4.80. The summed E-state index contributed by atoms with van der Waals surface area (Å²) >= 11 is 0. The quantitative estimate of drug-likeness (QED) is 0.825. The molecular formula is C12H17FN2O. The molecule has 1 aliphatic heterocycles. The number of morpholine rings is 1. The third kappa shape index (κ3) is 2.33. The Hall–Kier alpha value is -1.13. The van der Waals surface area contributed by atoms with Crippen LogP contribution in [0.3, 0.4) is 0 Å². The van der Waals surface area contributed by atoms with E-state index in [1.165, 1.54) is 6.07 Å². The SMILES string of the molecule is CN(C)c1cc(F)ccc1C1CNCCO1. The van der Waals surface area contributed by atoms with E-state index in [2.05, 4.69) is 5.32 Å². The van der Waals surface area contributed by atoms with Gasteiger partial charge in [0.2, 0.25) is 0 Å². The molecule has 16 heavy (non-hydrogen) atoms. The summed E-state index contributed by atoms with van der Waals surface area (Å²) in [5.41, 5.74) is 1.92. The normalized spacial score (nSPS) is 20.8. The summed E-state index contributed by atoms with van der Waals surface area (Å²) < 4.78 is 18.9. The molecule has 88 valence electrons. The molecule has 1 heterocycles. The first kappa shape index (κ1) is 11.4. The van der Waals surface area contributed by atoms with Gasteiger partial charge in [-0.2, -0.15) is 0 Å². The monoisotopic (exact) mass is 224 g/mol. The number of hydrogen-bond donors (Lipinski definition) is 1. The lowest BCUT2D eigenvalue weighted by atomic mass is 10.1. The minimum Gasteiger partial charge on any atom is -0.377 e. The third-order valence-electron chi connectivity index (χ3n) is 2.75. The number of hydrogen-bond acceptors (Lipinski definition) is 3. The van der Waals surface area contributed by atoms with E-state index in [0.717, 1.165) is 24.3 Å². The van der Waals surface area contributed by atoms with Crippen molar-refractivity contribution in [2.45, 2.75) is 6.10 Å². The zero-order valence-electron chi connectivity index (χ0n) is 9.66. The highest BCUT2D eigenvalue weighted by atomic mass is 19.1. The Bertz CT molecular complexity index is 362. The second-order valence-electron chi connectivity index (χ2n) is 4.16. The molecule has 4 heteroatoms. The number of nitrogens with zero attached hydrogens (tertiary/aromatic N) is 1. The van der Waals surface area contributed by atoms with E-state index in [9.17, 15) is 4.39 Å². The molecule has 0 amide bonds. The van der Waals surface area contributed by atoms with Crippen molar-refractivity contribution in [3.8, 4) is 0 Å². The molecular weight excluding hydrogens is 207 g/mol. The van der Waals surface area contributed by atoms with Crippen molar-refractivity contribution in [2.75, 3.05) is 38.7 Å². The number of nitrogens with one attached hydrogen (secondary N) is 1. The van der Waals surface area contributed by atoms with Gasteiger partial charge in [-0.1, -0.05) is 6.07 Å². The van der Waals surface area contributed by atoms with E-state index >= 15 is 0 Å². The summed E-state index contributed by atoms with van der Waals surface area (Å²) in [6.45, 7) is 2.37. The first-order valence-corrected chi connectivity index (χ1v) is 5.47. The van der Waals surface area contributed by atoms with Crippen molar-refractivity contribution in [1.82, 2.24) is 5.32 Å². The number of ether oxygens (including phenoxy) is 1. The fourth-order valence-electron chi connectivity index (χ4n) is 1.94. The number of anilines is 1. The van der Waals surface area contributed by atoms with Gasteiger partial charge in [0.15, 0.2) is 0 Å². The predicted molar refractivity (Wildman–Crippen MR) is 62.3 cm³/mol. The molecule has 1 atom stereocenters. The van der Waals surface area contributed by atoms with E-state index in [-0.39, 0.29) is 11.9 Å². The van der Waals surface area contributed by atoms with E-state index in [0.29, 0.717) is 6.61 Å². The Morgan fingerprint density at radius 3 is 2.88 bits per heavy atom. The average Bonchev–Trinajstić information content (AvgIpc) is 2.30. The molecule has 1 aliphatic rings. The number of rotatable bonds is 2. The molecule has 0 aliphatic carbocycles. The molecule has 1 aromatic carbocycles. The van der Waals surface area contributed by atoms with Crippen molar-refractivity contribution in [3.05, 3.63) is 29.6 Å². The van der Waals surface area contributed by atoms with E-state index in [1.54, 1.807) is 6.07 Å². The first-order valence-electron chi connectivity index (χ1n) is 5.47. The minimum atomic E-state index is -0.212. The second-order valence-corrected chi connectivity index (χ2v) is 4.16. The lowest BCUT2D eigenvalue weighted by Crippen LogP contribution is -2.34. The van der Waals surface area contributed by atoms with Gasteiger partial charge in [0, 0.05) is 38.4 Å². The van der Waals surface area contributed by atoms with Crippen LogP contribution in [0, 0.1) is 5.82 Å². The largest absolute Gasteiger partial charge is 0.377 e. The summed E-state index contributed by atoms with van der Waals surface area (Å²) in [5, 5.41) is 3.28. The molecule has 2 rings (SSSR count). The van der Waals surface area contributed by atoms with Gasteiger partial charge in [-0.05, 0) is 12.1 Å². The Balaban J connectivity index is 2.31. The highest BCUT2D eigenvalue weighted by Crippen LogP contribution is 2.28. The van der Waals surface area contributed by atoms with Crippen molar-refractivity contribution in [3.63, 3.8) is 0 Å². The van der Waals surface area contributed by atoms with Gasteiger partial charge < -0.3 is 15.0 Å². The molecule has 1 fully saturated rings. The van der Waals surface area contributed by atoms with Crippen molar-refractivity contribution >= 4 is 5.69 Å². The van der Waals surface area contributed by atoms with Crippen LogP contribution >= 0.6 is 0 Å². The first-order chi connectivity index (χ1) is 7.68. The fraction of sp³-hybridized carbons (Fsp3) is 0.500. The number of halogens is 1. The maximum absolute atomic E-state index is 13.2. The molecule has 0 aromatic heterocycles. The maximum Gasteiger partial charge on any atom is 0.125 e. The van der Waals surface area contributed by atoms with Gasteiger partial charge in [-0.15, -0.1) is 0 Å². The smallest absolute Gasteiger partial charge is 0.125 e. The topological polar surface area (TPSA) is 24.5 Å². The molecule has 0 spiro atoms. The predicted octanol–water partition coefficient (Wildman–Crippen LogP) is 1.55. The van der Waals surface area contributed by atoms with Gasteiger partial charge in [0.25, 0.3) is 0 Å². The Morgan fingerprint density at radius 2 is 2.25 bits per heavy atom. The lowest BCUT2D eigenvalue weighted by molar-refractivity contribution is 0.0280. The Labute approximate surface area is 95.2 Å². The standard InChI is InChI=1S/C12H17FN2O/c1-15(2)11-7-9(13)3-4-10(11)12-8-14-5-6-16-12/h3-4,7,12,14H,5-6,8H2,1-2H3. The van der Waals surface area contributed by atoms with Crippen LogP contribution in [0.15, 0.2) is 18.2 Å². The van der Waals surface area contributed by atoms with Crippen LogP contribution < -0.4 is 10.2 Å². The zero-order chi connectivity index (χ0) is 11.5. The van der Waals surface area contributed by atoms with E-state index < -0.39 is 0 Å².